The third kappa shape index (κ3) is 3.23. The summed E-state index contributed by atoms with van der Waals surface area (Å²) in [4.78, 5) is 30.6. The predicted molar refractivity (Wildman–Crippen MR) is 107 cm³/mol. The van der Waals surface area contributed by atoms with E-state index in [4.69, 9.17) is 5.73 Å². The monoisotopic (exact) mass is 376 g/mol. The molecular formula is C21H20N4O3. The highest BCUT2D eigenvalue weighted by atomic mass is 16.4. The summed E-state index contributed by atoms with van der Waals surface area (Å²) in [5.74, 6) is -1.64. The molecule has 0 spiro atoms. The van der Waals surface area contributed by atoms with Gasteiger partial charge in [-0.25, -0.2) is 4.79 Å². The number of carbonyl (C=O) groups excluding carboxylic acids is 1. The summed E-state index contributed by atoms with van der Waals surface area (Å²) in [5, 5.41) is 14.0. The van der Waals surface area contributed by atoms with Crippen molar-refractivity contribution in [1.82, 2.24) is 15.3 Å². The summed E-state index contributed by atoms with van der Waals surface area (Å²) in [5.41, 5.74) is 9.37. The predicted octanol–water partition coefficient (Wildman–Crippen LogP) is 2.46. The van der Waals surface area contributed by atoms with Gasteiger partial charge in [0, 0.05) is 46.2 Å². The van der Waals surface area contributed by atoms with E-state index in [0.29, 0.717) is 5.56 Å². The topological polar surface area (TPSA) is 124 Å². The number of aliphatic carboxylic acids is 1. The number of nitrogens with one attached hydrogen (secondary N) is 3. The van der Waals surface area contributed by atoms with Crippen molar-refractivity contribution in [3.63, 3.8) is 0 Å². The van der Waals surface area contributed by atoms with Gasteiger partial charge in [-0.2, -0.15) is 0 Å². The van der Waals surface area contributed by atoms with Crippen LogP contribution >= 0.6 is 0 Å². The lowest BCUT2D eigenvalue weighted by Crippen LogP contribution is -2.46. The maximum Gasteiger partial charge on any atom is 0.326 e. The molecule has 7 heteroatoms. The fourth-order valence-corrected chi connectivity index (χ4v) is 3.47. The molecule has 4 aromatic rings. The lowest BCUT2D eigenvalue weighted by Gasteiger charge is -2.17. The minimum absolute atomic E-state index is 0.158. The average Bonchev–Trinajstić information content (AvgIpc) is 3.31. The number of aromatic amines is 2. The molecule has 0 radical (unpaired) electrons. The molecular weight excluding hydrogens is 356 g/mol. The van der Waals surface area contributed by atoms with Crippen LogP contribution in [-0.4, -0.2) is 33.0 Å². The number of fused-ring (bicyclic) bond motifs is 2. The molecule has 7 nitrogen and oxygen atoms in total. The Bertz CT molecular complexity index is 1160. The van der Waals surface area contributed by atoms with Gasteiger partial charge in [0.05, 0.1) is 0 Å². The number of rotatable bonds is 6. The molecule has 0 saturated heterocycles. The second-order valence-corrected chi connectivity index (χ2v) is 6.73. The smallest absolute Gasteiger partial charge is 0.326 e. The maximum absolute atomic E-state index is 12.7. The van der Waals surface area contributed by atoms with Crippen LogP contribution in [0, 0.1) is 0 Å². The highest BCUT2D eigenvalue weighted by Crippen LogP contribution is 2.23. The Morgan fingerprint density at radius 1 is 0.964 bits per heavy atom. The molecule has 2 atom stereocenters. The molecule has 2 heterocycles. The Hall–Kier alpha value is -3.58. The van der Waals surface area contributed by atoms with E-state index in [9.17, 15) is 14.7 Å². The van der Waals surface area contributed by atoms with Gasteiger partial charge < -0.3 is 26.1 Å². The van der Waals surface area contributed by atoms with E-state index in [2.05, 4.69) is 15.3 Å². The van der Waals surface area contributed by atoms with Crippen LogP contribution < -0.4 is 11.1 Å². The summed E-state index contributed by atoms with van der Waals surface area (Å²) in [6.07, 6.45) is 3.61. The Morgan fingerprint density at radius 3 is 2.29 bits per heavy atom. The van der Waals surface area contributed by atoms with Crippen molar-refractivity contribution >= 4 is 33.7 Å². The normalized spacial score (nSPS) is 13.5. The second-order valence-electron chi connectivity index (χ2n) is 6.73. The van der Waals surface area contributed by atoms with Crippen LogP contribution in [0.1, 0.15) is 17.2 Å². The van der Waals surface area contributed by atoms with Gasteiger partial charge >= 0.3 is 5.97 Å². The highest BCUT2D eigenvalue weighted by Gasteiger charge is 2.26. The molecule has 0 fully saturated rings. The lowest BCUT2D eigenvalue weighted by molar-refractivity contribution is -0.142. The molecule has 142 valence electrons. The number of amides is 1. The number of aromatic nitrogens is 2. The van der Waals surface area contributed by atoms with Crippen molar-refractivity contribution in [2.75, 3.05) is 0 Å². The quantitative estimate of drug-likeness (QED) is 0.354. The summed E-state index contributed by atoms with van der Waals surface area (Å²) < 4.78 is 0. The van der Waals surface area contributed by atoms with Crippen molar-refractivity contribution in [3.8, 4) is 0 Å². The molecule has 2 aromatic carbocycles. The number of hydrogen-bond donors (Lipinski definition) is 5. The van der Waals surface area contributed by atoms with Gasteiger partial charge in [-0.15, -0.1) is 0 Å². The van der Waals surface area contributed by atoms with E-state index in [1.807, 2.05) is 48.5 Å². The summed E-state index contributed by atoms with van der Waals surface area (Å²) >= 11 is 0. The Balaban J connectivity index is 1.54. The molecule has 0 aliphatic rings. The number of nitrogens with two attached hydrogens (primary N) is 1. The molecule has 2 aromatic heterocycles. The van der Waals surface area contributed by atoms with Crippen molar-refractivity contribution in [2.45, 2.75) is 18.5 Å². The van der Waals surface area contributed by atoms with E-state index in [1.54, 1.807) is 12.4 Å². The molecule has 0 aliphatic heterocycles. The SMILES string of the molecule is NC(C(=O)NC(Cc1c[nH]c2ccccc12)C(=O)O)c1c[nH]c2ccccc12. The van der Waals surface area contributed by atoms with Crippen molar-refractivity contribution in [3.05, 3.63) is 72.1 Å². The van der Waals surface area contributed by atoms with E-state index < -0.39 is 24.0 Å². The van der Waals surface area contributed by atoms with E-state index >= 15 is 0 Å². The van der Waals surface area contributed by atoms with E-state index in [-0.39, 0.29) is 6.42 Å². The van der Waals surface area contributed by atoms with Crippen LogP contribution in [-0.2, 0) is 16.0 Å². The summed E-state index contributed by atoms with van der Waals surface area (Å²) in [6.45, 7) is 0. The number of H-pyrrole nitrogens is 2. The zero-order valence-electron chi connectivity index (χ0n) is 15.0. The minimum Gasteiger partial charge on any atom is -0.480 e. The molecule has 0 saturated carbocycles. The fourth-order valence-electron chi connectivity index (χ4n) is 3.47. The first-order valence-electron chi connectivity index (χ1n) is 8.94. The zero-order valence-corrected chi connectivity index (χ0v) is 15.0. The average molecular weight is 376 g/mol. The van der Waals surface area contributed by atoms with Gasteiger partial charge in [0.2, 0.25) is 5.91 Å². The summed E-state index contributed by atoms with van der Waals surface area (Å²) in [6, 6.07) is 13.1. The zero-order chi connectivity index (χ0) is 19.7. The highest BCUT2D eigenvalue weighted by molar-refractivity contribution is 5.93. The number of benzene rings is 2. The first-order chi connectivity index (χ1) is 13.5. The van der Waals surface area contributed by atoms with Crippen LogP contribution in [0.4, 0.5) is 0 Å². The molecule has 1 amide bonds. The molecule has 2 unspecified atom stereocenters. The minimum atomic E-state index is -1.11. The van der Waals surface area contributed by atoms with Gasteiger partial charge in [0.1, 0.15) is 12.1 Å². The van der Waals surface area contributed by atoms with Crippen LogP contribution in [0.15, 0.2) is 60.9 Å². The third-order valence-corrected chi connectivity index (χ3v) is 4.95. The number of carbonyl (C=O) groups is 2. The first-order valence-corrected chi connectivity index (χ1v) is 8.94. The molecule has 0 aliphatic carbocycles. The lowest BCUT2D eigenvalue weighted by atomic mass is 10.0. The molecule has 28 heavy (non-hydrogen) atoms. The largest absolute Gasteiger partial charge is 0.480 e. The Labute approximate surface area is 160 Å². The van der Waals surface area contributed by atoms with Crippen LogP contribution in [0.25, 0.3) is 21.8 Å². The molecule has 6 N–H and O–H groups in total. The van der Waals surface area contributed by atoms with Gasteiger partial charge in [0.15, 0.2) is 0 Å². The van der Waals surface area contributed by atoms with Crippen LogP contribution in [0.3, 0.4) is 0 Å². The van der Waals surface area contributed by atoms with E-state index in [1.165, 1.54) is 0 Å². The Kier molecular flexibility index (Phi) is 4.58. The van der Waals surface area contributed by atoms with Gasteiger partial charge in [-0.3, -0.25) is 4.79 Å². The summed E-state index contributed by atoms with van der Waals surface area (Å²) in [7, 11) is 0. The number of para-hydroxylation sites is 2. The van der Waals surface area contributed by atoms with Crippen molar-refractivity contribution < 1.29 is 14.7 Å². The first kappa shape index (κ1) is 17.8. The van der Waals surface area contributed by atoms with Crippen molar-refractivity contribution in [1.29, 1.82) is 0 Å². The number of hydrogen-bond acceptors (Lipinski definition) is 3. The van der Waals surface area contributed by atoms with Gasteiger partial charge in [-0.05, 0) is 17.7 Å². The third-order valence-electron chi connectivity index (χ3n) is 4.95. The number of carboxylic acid groups (broad SMARTS) is 1. The van der Waals surface area contributed by atoms with Gasteiger partial charge in [-0.1, -0.05) is 36.4 Å². The van der Waals surface area contributed by atoms with Gasteiger partial charge in [0.25, 0.3) is 0 Å². The van der Waals surface area contributed by atoms with Crippen LogP contribution in [0.5, 0.6) is 0 Å². The number of carboxylic acids is 1. The Morgan fingerprint density at radius 2 is 1.57 bits per heavy atom. The molecule has 0 bridgehead atoms. The second kappa shape index (κ2) is 7.21. The van der Waals surface area contributed by atoms with E-state index in [0.717, 1.165) is 27.4 Å². The standard InChI is InChI=1S/C21H20N4O3/c22-19(15-11-24-17-8-4-2-6-14(15)17)20(26)25-18(21(27)28)9-12-10-23-16-7-3-1-5-13(12)16/h1-8,10-11,18-19,23-24H,9,22H2,(H,25,26)(H,27,28). The fraction of sp³-hybridized carbons (Fsp3) is 0.143. The maximum atomic E-state index is 12.7. The van der Waals surface area contributed by atoms with Crippen molar-refractivity contribution in [2.24, 2.45) is 5.73 Å². The van der Waals surface area contributed by atoms with Crippen LogP contribution in [0.2, 0.25) is 0 Å². The molecule has 4 rings (SSSR count).